The van der Waals surface area contributed by atoms with Gasteiger partial charge in [0.05, 0.1) is 11.9 Å². The number of ether oxygens (including phenoxy) is 1. The summed E-state index contributed by atoms with van der Waals surface area (Å²) in [5.41, 5.74) is 0.0602. The van der Waals surface area contributed by atoms with Crippen LogP contribution in [0.1, 0.15) is 26.7 Å². The Balaban J connectivity index is 1.77. The monoisotopic (exact) mass is 332 g/mol. The van der Waals surface area contributed by atoms with Crippen LogP contribution in [-0.2, 0) is 14.8 Å². The van der Waals surface area contributed by atoms with E-state index in [0.29, 0.717) is 31.6 Å². The van der Waals surface area contributed by atoms with E-state index in [-0.39, 0.29) is 17.3 Å². The first-order chi connectivity index (χ1) is 10.3. The highest BCUT2D eigenvalue weighted by Crippen LogP contribution is 2.42. The zero-order valence-corrected chi connectivity index (χ0v) is 14.7. The number of rotatable bonds is 5. The molecule has 1 saturated heterocycles. The van der Waals surface area contributed by atoms with Gasteiger partial charge < -0.3 is 15.4 Å². The minimum Gasteiger partial charge on any atom is -0.381 e. The highest BCUT2D eigenvalue weighted by molar-refractivity contribution is 7.89. The molecule has 0 radical (unpaired) electrons. The molecule has 1 aliphatic heterocycles. The summed E-state index contributed by atoms with van der Waals surface area (Å²) in [5, 5.41) is 6.59. The fraction of sp³-hybridized carbons (Fsp3) is 0.929. The summed E-state index contributed by atoms with van der Waals surface area (Å²) in [6, 6.07) is 0.305. The van der Waals surface area contributed by atoms with E-state index in [1.165, 1.54) is 0 Å². The van der Waals surface area contributed by atoms with Crippen molar-refractivity contribution >= 4 is 16.0 Å². The molecule has 22 heavy (non-hydrogen) atoms. The molecule has 0 spiro atoms. The van der Waals surface area contributed by atoms with E-state index < -0.39 is 10.0 Å². The number of methoxy groups -OCH3 is 1. The van der Waals surface area contributed by atoms with Crippen LogP contribution in [0.25, 0.3) is 0 Å². The SMILES string of the molecule is CN=C(NCCN1CCCS1(=O)=O)NC1CC(OC)C1(C)C. The highest BCUT2D eigenvalue weighted by Gasteiger charge is 2.48. The Labute approximate surface area is 133 Å². The van der Waals surface area contributed by atoms with Crippen molar-refractivity contribution < 1.29 is 13.2 Å². The van der Waals surface area contributed by atoms with Gasteiger partial charge >= 0.3 is 0 Å². The topological polar surface area (TPSA) is 83.0 Å². The smallest absolute Gasteiger partial charge is 0.214 e. The highest BCUT2D eigenvalue weighted by atomic mass is 32.2. The van der Waals surface area contributed by atoms with E-state index in [4.69, 9.17) is 4.74 Å². The van der Waals surface area contributed by atoms with Crippen LogP contribution in [-0.4, -0.2) is 70.4 Å². The Morgan fingerprint density at radius 3 is 2.68 bits per heavy atom. The Hall–Kier alpha value is -0.860. The molecule has 128 valence electrons. The Bertz CT molecular complexity index is 518. The number of nitrogens with one attached hydrogen (secondary N) is 2. The summed E-state index contributed by atoms with van der Waals surface area (Å²) in [4.78, 5) is 4.21. The lowest BCUT2D eigenvalue weighted by Gasteiger charge is -2.51. The van der Waals surface area contributed by atoms with Gasteiger partial charge in [0.15, 0.2) is 5.96 Å². The Morgan fingerprint density at radius 2 is 2.18 bits per heavy atom. The first kappa shape index (κ1) is 17.5. The molecule has 0 aromatic carbocycles. The minimum atomic E-state index is -3.02. The van der Waals surface area contributed by atoms with Crippen LogP contribution in [0.2, 0.25) is 0 Å². The number of hydrogen-bond donors (Lipinski definition) is 2. The summed E-state index contributed by atoms with van der Waals surface area (Å²) in [6.07, 6.45) is 1.94. The summed E-state index contributed by atoms with van der Waals surface area (Å²) in [5.74, 6) is 0.985. The van der Waals surface area contributed by atoms with Crippen molar-refractivity contribution in [3.05, 3.63) is 0 Å². The van der Waals surface area contributed by atoms with Gasteiger partial charge in [0.2, 0.25) is 10.0 Å². The first-order valence-corrected chi connectivity index (χ1v) is 9.40. The third-order valence-electron chi connectivity index (χ3n) is 4.85. The molecular formula is C14H28N4O3S. The van der Waals surface area contributed by atoms with E-state index in [1.807, 2.05) is 0 Å². The fourth-order valence-corrected chi connectivity index (χ4v) is 4.66. The normalized spacial score (nSPS) is 30.8. The lowest BCUT2D eigenvalue weighted by molar-refractivity contribution is -0.0922. The second-order valence-corrected chi connectivity index (χ2v) is 8.63. The van der Waals surface area contributed by atoms with Gasteiger partial charge in [-0.3, -0.25) is 4.99 Å². The van der Waals surface area contributed by atoms with Crippen molar-refractivity contribution in [2.75, 3.05) is 39.5 Å². The summed E-state index contributed by atoms with van der Waals surface area (Å²) in [7, 11) is 0.445. The van der Waals surface area contributed by atoms with Crippen LogP contribution >= 0.6 is 0 Å². The maximum atomic E-state index is 11.7. The summed E-state index contributed by atoms with van der Waals surface area (Å²) >= 11 is 0. The second kappa shape index (κ2) is 6.72. The van der Waals surface area contributed by atoms with Crippen LogP contribution < -0.4 is 10.6 Å². The zero-order valence-electron chi connectivity index (χ0n) is 13.9. The third-order valence-corrected chi connectivity index (χ3v) is 6.81. The molecule has 0 aromatic heterocycles. The number of hydrogen-bond acceptors (Lipinski definition) is 4. The van der Waals surface area contributed by atoms with Gasteiger partial charge in [-0.05, 0) is 12.8 Å². The lowest BCUT2D eigenvalue weighted by Crippen LogP contribution is -2.63. The first-order valence-electron chi connectivity index (χ1n) is 7.79. The minimum absolute atomic E-state index is 0.0602. The van der Waals surface area contributed by atoms with E-state index in [0.717, 1.165) is 12.8 Å². The van der Waals surface area contributed by atoms with Crippen molar-refractivity contribution in [3.8, 4) is 0 Å². The van der Waals surface area contributed by atoms with E-state index in [2.05, 4.69) is 29.5 Å². The van der Waals surface area contributed by atoms with Crippen LogP contribution in [0, 0.1) is 5.41 Å². The van der Waals surface area contributed by atoms with E-state index in [1.54, 1.807) is 18.5 Å². The van der Waals surface area contributed by atoms with Gasteiger partial charge in [-0.25, -0.2) is 12.7 Å². The second-order valence-electron chi connectivity index (χ2n) is 6.55. The van der Waals surface area contributed by atoms with Crippen LogP contribution in [0.3, 0.4) is 0 Å². The predicted molar refractivity (Wildman–Crippen MR) is 87.5 cm³/mol. The third kappa shape index (κ3) is 3.55. The molecule has 1 aliphatic carbocycles. The van der Waals surface area contributed by atoms with Crippen molar-refractivity contribution in [1.82, 2.24) is 14.9 Å². The van der Waals surface area contributed by atoms with Gasteiger partial charge in [0, 0.05) is 45.2 Å². The van der Waals surface area contributed by atoms with Gasteiger partial charge in [-0.1, -0.05) is 13.8 Å². The fourth-order valence-electron chi connectivity index (χ4n) is 3.13. The largest absolute Gasteiger partial charge is 0.381 e. The average Bonchev–Trinajstić information content (AvgIpc) is 2.79. The molecule has 2 N–H and O–H groups in total. The molecule has 0 amide bonds. The quantitative estimate of drug-likeness (QED) is 0.547. The van der Waals surface area contributed by atoms with Gasteiger partial charge in [0.1, 0.15) is 0 Å². The molecule has 8 heteroatoms. The maximum absolute atomic E-state index is 11.7. The molecule has 0 aromatic rings. The number of nitrogens with zero attached hydrogens (tertiary/aromatic N) is 2. The maximum Gasteiger partial charge on any atom is 0.214 e. The van der Waals surface area contributed by atoms with Gasteiger partial charge in [0.25, 0.3) is 0 Å². The zero-order chi connectivity index (χ0) is 16.4. The molecular weight excluding hydrogens is 304 g/mol. The van der Waals surface area contributed by atoms with Crippen molar-refractivity contribution in [2.45, 2.75) is 38.8 Å². The molecule has 7 nitrogen and oxygen atoms in total. The molecule has 2 fully saturated rings. The molecule has 1 heterocycles. The molecule has 2 unspecified atom stereocenters. The summed E-state index contributed by atoms with van der Waals surface area (Å²) < 4.78 is 30.5. The Morgan fingerprint density at radius 1 is 1.45 bits per heavy atom. The van der Waals surface area contributed by atoms with Crippen LogP contribution in [0.5, 0.6) is 0 Å². The van der Waals surface area contributed by atoms with Gasteiger partial charge in [-0.2, -0.15) is 0 Å². The standard InChI is InChI=1S/C14H28N4O3S/c1-14(2)11(10-12(14)21-4)17-13(15-3)16-6-8-18-7-5-9-22(18,19)20/h11-12H,5-10H2,1-4H3,(H2,15,16,17). The van der Waals surface area contributed by atoms with Gasteiger partial charge in [-0.15, -0.1) is 0 Å². The Kier molecular flexibility index (Phi) is 5.34. The molecule has 1 saturated carbocycles. The van der Waals surface area contributed by atoms with E-state index in [9.17, 15) is 8.42 Å². The van der Waals surface area contributed by atoms with Crippen molar-refractivity contribution in [1.29, 1.82) is 0 Å². The van der Waals surface area contributed by atoms with Crippen molar-refractivity contribution in [3.63, 3.8) is 0 Å². The molecule has 2 atom stereocenters. The predicted octanol–water partition coefficient (Wildman–Crippen LogP) is 0.000400. The lowest BCUT2D eigenvalue weighted by atomic mass is 9.64. The number of aliphatic imine (C=N–C) groups is 1. The molecule has 2 aliphatic rings. The number of sulfonamides is 1. The van der Waals surface area contributed by atoms with E-state index >= 15 is 0 Å². The van der Waals surface area contributed by atoms with Crippen LogP contribution in [0.4, 0.5) is 0 Å². The molecule has 0 bridgehead atoms. The van der Waals surface area contributed by atoms with Crippen molar-refractivity contribution in [2.24, 2.45) is 10.4 Å². The number of guanidine groups is 1. The van der Waals surface area contributed by atoms with Crippen LogP contribution in [0.15, 0.2) is 4.99 Å². The molecule has 2 rings (SSSR count). The average molecular weight is 332 g/mol. The summed E-state index contributed by atoms with van der Waals surface area (Å²) in [6.45, 7) is 6.01.